The van der Waals surface area contributed by atoms with Gasteiger partial charge in [-0.05, 0) is 37.2 Å². The summed E-state index contributed by atoms with van der Waals surface area (Å²) in [5, 5.41) is 16.6. The molecule has 2 rings (SSSR count). The van der Waals surface area contributed by atoms with Crippen LogP contribution in [0.4, 0.5) is 5.69 Å². The molecule has 0 radical (unpaired) electrons. The van der Waals surface area contributed by atoms with E-state index in [1.165, 1.54) is 4.68 Å². The number of piperidine rings is 1. The van der Waals surface area contributed by atoms with Crippen molar-refractivity contribution < 1.29 is 9.90 Å². The first-order valence-electron chi connectivity index (χ1n) is 8.24. The van der Waals surface area contributed by atoms with Crippen LogP contribution in [-0.4, -0.2) is 58.5 Å². The molecule has 1 fully saturated rings. The predicted octanol–water partition coefficient (Wildman–Crippen LogP) is 0.227. The van der Waals surface area contributed by atoms with Crippen LogP contribution < -0.4 is 15.8 Å². The summed E-state index contributed by atoms with van der Waals surface area (Å²) in [5.41, 5.74) is 0.745. The summed E-state index contributed by atoms with van der Waals surface area (Å²) < 4.78 is 1.31. The minimum absolute atomic E-state index is 0.110. The van der Waals surface area contributed by atoms with Gasteiger partial charge in [0, 0.05) is 32.7 Å². The van der Waals surface area contributed by atoms with Gasteiger partial charge in [0.25, 0.3) is 5.56 Å². The molecule has 1 aliphatic rings. The molecule has 1 aromatic rings. The molecule has 1 saturated heterocycles. The maximum absolute atomic E-state index is 11.8. The van der Waals surface area contributed by atoms with Crippen molar-refractivity contribution in [3.63, 3.8) is 0 Å². The van der Waals surface area contributed by atoms with Crippen molar-refractivity contribution in [3.8, 4) is 0 Å². The predicted molar refractivity (Wildman–Crippen MR) is 96.4 cm³/mol. The molecule has 8 heteroatoms. The molecular weight excluding hydrogens is 328 g/mol. The summed E-state index contributed by atoms with van der Waals surface area (Å²) >= 11 is 1.62. The van der Waals surface area contributed by atoms with Crippen LogP contribution in [0.25, 0.3) is 0 Å². The van der Waals surface area contributed by atoms with E-state index in [0.29, 0.717) is 18.9 Å². The maximum Gasteiger partial charge on any atom is 0.268 e. The van der Waals surface area contributed by atoms with Crippen molar-refractivity contribution in [1.29, 1.82) is 0 Å². The smallest absolute Gasteiger partial charge is 0.268 e. The summed E-state index contributed by atoms with van der Waals surface area (Å²) in [6.45, 7) is 2.27. The van der Waals surface area contributed by atoms with Gasteiger partial charge >= 0.3 is 0 Å². The summed E-state index contributed by atoms with van der Waals surface area (Å²) in [6, 6.07) is 1.61. The molecule has 1 aliphatic heterocycles. The molecule has 2 heterocycles. The summed E-state index contributed by atoms with van der Waals surface area (Å²) in [5.74, 6) is 0.900. The normalized spacial score (nSPS) is 16.9. The third-order valence-electron chi connectivity index (χ3n) is 4.40. The standard InChI is InChI=1S/C16H26N4O3S/c1-19-15(22)9-13(11-18-19)20-6-3-12(4-7-20)10-17-16(23)14(21)5-8-24-2/h9,11-12,14,21H,3-8,10H2,1-2H3,(H,17,23). The number of carbonyl (C=O) groups excluding carboxylic acids is 1. The molecule has 24 heavy (non-hydrogen) atoms. The summed E-state index contributed by atoms with van der Waals surface area (Å²) in [4.78, 5) is 25.6. The average molecular weight is 354 g/mol. The molecule has 7 nitrogen and oxygen atoms in total. The largest absolute Gasteiger partial charge is 0.383 e. The number of nitrogens with zero attached hydrogens (tertiary/aromatic N) is 3. The van der Waals surface area contributed by atoms with Crippen LogP contribution in [-0.2, 0) is 11.8 Å². The van der Waals surface area contributed by atoms with E-state index in [4.69, 9.17) is 0 Å². The number of hydrogen-bond acceptors (Lipinski definition) is 6. The van der Waals surface area contributed by atoms with Crippen molar-refractivity contribution >= 4 is 23.4 Å². The molecule has 2 N–H and O–H groups in total. The Bertz CT molecular complexity index is 599. The van der Waals surface area contributed by atoms with Crippen LogP contribution in [0.1, 0.15) is 19.3 Å². The van der Waals surface area contributed by atoms with Crippen molar-refractivity contribution in [2.45, 2.75) is 25.4 Å². The molecule has 1 atom stereocenters. The number of thioether (sulfide) groups is 1. The van der Waals surface area contributed by atoms with Gasteiger partial charge < -0.3 is 15.3 Å². The molecule has 1 aromatic heterocycles. The number of aryl methyl sites for hydroxylation is 1. The Morgan fingerprint density at radius 2 is 2.21 bits per heavy atom. The molecule has 0 aromatic carbocycles. The Labute approximate surface area is 146 Å². The van der Waals surface area contributed by atoms with Gasteiger partial charge in [-0.1, -0.05) is 0 Å². The molecule has 1 unspecified atom stereocenters. The highest BCUT2D eigenvalue weighted by molar-refractivity contribution is 7.98. The van der Waals surface area contributed by atoms with E-state index < -0.39 is 6.10 Å². The van der Waals surface area contributed by atoms with E-state index in [1.807, 2.05) is 6.26 Å². The third kappa shape index (κ3) is 5.24. The molecule has 0 spiro atoms. The Hall–Kier alpha value is -1.54. The number of aliphatic hydroxyl groups is 1. The minimum Gasteiger partial charge on any atom is -0.383 e. The summed E-state index contributed by atoms with van der Waals surface area (Å²) in [7, 11) is 1.63. The van der Waals surface area contributed by atoms with Gasteiger partial charge in [0.1, 0.15) is 6.10 Å². The number of anilines is 1. The SMILES string of the molecule is CSCCC(O)C(=O)NCC1CCN(c2cnn(C)c(=O)c2)CC1. The van der Waals surface area contributed by atoms with Crippen molar-refractivity contribution in [2.75, 3.05) is 36.5 Å². The van der Waals surface area contributed by atoms with Crippen LogP contribution in [0.2, 0.25) is 0 Å². The fourth-order valence-corrected chi connectivity index (χ4v) is 3.21. The Morgan fingerprint density at radius 3 is 2.83 bits per heavy atom. The average Bonchev–Trinajstić information content (AvgIpc) is 2.60. The Kier molecular flexibility index (Phi) is 7.11. The highest BCUT2D eigenvalue weighted by Gasteiger charge is 2.22. The number of aromatic nitrogens is 2. The van der Waals surface area contributed by atoms with Crippen LogP contribution in [0.5, 0.6) is 0 Å². The second kappa shape index (κ2) is 9.08. The minimum atomic E-state index is -0.913. The number of amides is 1. The van der Waals surface area contributed by atoms with E-state index in [9.17, 15) is 14.7 Å². The Morgan fingerprint density at radius 1 is 1.50 bits per heavy atom. The zero-order valence-electron chi connectivity index (χ0n) is 14.3. The van der Waals surface area contributed by atoms with E-state index in [2.05, 4.69) is 15.3 Å². The second-order valence-electron chi connectivity index (χ2n) is 6.15. The first kappa shape index (κ1) is 18.8. The summed E-state index contributed by atoms with van der Waals surface area (Å²) in [6.07, 6.45) is 5.13. The molecule has 134 valence electrons. The first-order valence-corrected chi connectivity index (χ1v) is 9.63. The van der Waals surface area contributed by atoms with Crippen molar-refractivity contribution in [2.24, 2.45) is 13.0 Å². The highest BCUT2D eigenvalue weighted by atomic mass is 32.2. The van der Waals surface area contributed by atoms with Crippen LogP contribution in [0.15, 0.2) is 17.1 Å². The van der Waals surface area contributed by atoms with E-state index in [0.717, 1.165) is 37.4 Å². The number of rotatable bonds is 7. The van der Waals surface area contributed by atoms with Gasteiger partial charge in [-0.15, -0.1) is 0 Å². The maximum atomic E-state index is 11.8. The van der Waals surface area contributed by atoms with E-state index >= 15 is 0 Å². The fourth-order valence-electron chi connectivity index (χ4n) is 2.75. The van der Waals surface area contributed by atoms with Gasteiger partial charge in [0.15, 0.2) is 0 Å². The van der Waals surface area contributed by atoms with E-state index in [1.54, 1.807) is 31.1 Å². The van der Waals surface area contributed by atoms with Crippen LogP contribution in [0, 0.1) is 5.92 Å². The molecule has 0 saturated carbocycles. The molecule has 1 amide bonds. The lowest BCUT2D eigenvalue weighted by atomic mass is 9.96. The monoisotopic (exact) mass is 354 g/mol. The first-order chi connectivity index (χ1) is 11.5. The highest BCUT2D eigenvalue weighted by Crippen LogP contribution is 2.21. The molecule has 0 bridgehead atoms. The van der Waals surface area contributed by atoms with Crippen molar-refractivity contribution in [1.82, 2.24) is 15.1 Å². The van der Waals surface area contributed by atoms with Crippen LogP contribution >= 0.6 is 11.8 Å². The Balaban J connectivity index is 1.75. The topological polar surface area (TPSA) is 87.5 Å². The third-order valence-corrected chi connectivity index (χ3v) is 5.04. The zero-order chi connectivity index (χ0) is 17.5. The fraction of sp³-hybridized carbons (Fsp3) is 0.688. The van der Waals surface area contributed by atoms with Crippen LogP contribution in [0.3, 0.4) is 0 Å². The molecule has 0 aliphatic carbocycles. The lowest BCUT2D eigenvalue weighted by Gasteiger charge is -2.33. The number of nitrogens with one attached hydrogen (secondary N) is 1. The van der Waals surface area contributed by atoms with Gasteiger partial charge in [-0.25, -0.2) is 4.68 Å². The van der Waals surface area contributed by atoms with Crippen molar-refractivity contribution in [3.05, 3.63) is 22.6 Å². The number of hydrogen-bond donors (Lipinski definition) is 2. The van der Waals surface area contributed by atoms with Gasteiger partial charge in [-0.2, -0.15) is 16.9 Å². The van der Waals surface area contributed by atoms with E-state index in [-0.39, 0.29) is 11.5 Å². The number of carbonyl (C=O) groups is 1. The van der Waals surface area contributed by atoms with Gasteiger partial charge in [0.05, 0.1) is 11.9 Å². The quantitative estimate of drug-likeness (QED) is 0.729. The second-order valence-corrected chi connectivity index (χ2v) is 7.13. The lowest BCUT2D eigenvalue weighted by molar-refractivity contribution is -0.129. The molecular formula is C16H26N4O3S. The zero-order valence-corrected chi connectivity index (χ0v) is 15.1. The van der Waals surface area contributed by atoms with Gasteiger partial charge in [0.2, 0.25) is 5.91 Å². The number of aliphatic hydroxyl groups excluding tert-OH is 1. The lowest BCUT2D eigenvalue weighted by Crippen LogP contribution is -2.42. The van der Waals surface area contributed by atoms with Gasteiger partial charge in [-0.3, -0.25) is 9.59 Å².